The standard InChI is InChI=1S/C22H26O7/c1-10(2)12-7-15-13(21(24)27-6)8-16(28-15)18(11(3)4)17-9-14(22(25)29-17)20(26-5)19(12)23/h8-9,12,17-20,23H,1,3,7H2,2,4-6H3/t12-,17-,18?,19-,20+/m1/s1. The quantitative estimate of drug-likeness (QED) is 0.611. The SMILES string of the molecule is C=C(C)C1c2cc(C(=O)OC)c(o2)C[C@H](C(=C)C)[C@@H](O)[C@@H](OC)C2=C[C@H]1OC2=O. The molecule has 3 rings (SSSR count). The third-order valence-electron chi connectivity index (χ3n) is 5.54. The number of ether oxygens (including phenoxy) is 3. The molecule has 1 aromatic heterocycles. The Balaban J connectivity index is 2.24. The van der Waals surface area contributed by atoms with Crippen molar-refractivity contribution in [2.75, 3.05) is 14.2 Å². The van der Waals surface area contributed by atoms with Crippen LogP contribution in [0.2, 0.25) is 0 Å². The molecule has 4 bridgehead atoms. The van der Waals surface area contributed by atoms with Gasteiger partial charge in [-0.3, -0.25) is 0 Å². The molecule has 7 heteroatoms. The molecular formula is C22H26O7. The highest BCUT2D eigenvalue weighted by Gasteiger charge is 2.43. The van der Waals surface area contributed by atoms with E-state index >= 15 is 0 Å². The smallest absolute Gasteiger partial charge is 0.341 e. The van der Waals surface area contributed by atoms with Crippen molar-refractivity contribution >= 4 is 11.9 Å². The van der Waals surface area contributed by atoms with E-state index in [1.807, 2.05) is 0 Å². The first-order chi connectivity index (χ1) is 13.7. The Labute approximate surface area is 169 Å². The number of hydrogen-bond acceptors (Lipinski definition) is 7. The lowest BCUT2D eigenvalue weighted by Crippen LogP contribution is -2.39. The van der Waals surface area contributed by atoms with E-state index in [0.717, 1.165) is 0 Å². The number of hydrogen-bond donors (Lipinski definition) is 1. The van der Waals surface area contributed by atoms with Gasteiger partial charge < -0.3 is 23.7 Å². The summed E-state index contributed by atoms with van der Waals surface area (Å²) >= 11 is 0. The number of fused-ring (bicyclic) bond motifs is 3. The molecule has 7 nitrogen and oxygen atoms in total. The normalized spacial score (nSPS) is 28.8. The Hall–Kier alpha value is -2.64. The van der Waals surface area contributed by atoms with Crippen molar-refractivity contribution in [2.24, 2.45) is 5.92 Å². The minimum atomic E-state index is -1.10. The van der Waals surface area contributed by atoms with Crippen molar-refractivity contribution in [3.63, 3.8) is 0 Å². The molecule has 3 heterocycles. The largest absolute Gasteiger partial charge is 0.465 e. The zero-order valence-corrected chi connectivity index (χ0v) is 17.1. The molecule has 2 aliphatic rings. The second-order valence-electron chi connectivity index (χ2n) is 7.60. The van der Waals surface area contributed by atoms with Gasteiger partial charge in [0.05, 0.1) is 24.7 Å². The predicted octanol–water partition coefficient (Wildman–Crippen LogP) is 2.70. The molecular weight excluding hydrogens is 376 g/mol. The maximum Gasteiger partial charge on any atom is 0.341 e. The number of methoxy groups -OCH3 is 2. The van der Waals surface area contributed by atoms with Gasteiger partial charge in [0.25, 0.3) is 0 Å². The van der Waals surface area contributed by atoms with Crippen LogP contribution >= 0.6 is 0 Å². The molecule has 0 aromatic carbocycles. The van der Waals surface area contributed by atoms with Crippen LogP contribution in [0.3, 0.4) is 0 Å². The van der Waals surface area contributed by atoms with Gasteiger partial charge in [-0.05, 0) is 26.0 Å². The van der Waals surface area contributed by atoms with Gasteiger partial charge in [-0.1, -0.05) is 24.3 Å². The van der Waals surface area contributed by atoms with Crippen molar-refractivity contribution in [1.82, 2.24) is 0 Å². The molecule has 5 atom stereocenters. The van der Waals surface area contributed by atoms with Crippen LogP contribution in [-0.2, 0) is 25.4 Å². The summed E-state index contributed by atoms with van der Waals surface area (Å²) in [7, 11) is 2.71. The summed E-state index contributed by atoms with van der Waals surface area (Å²) < 4.78 is 22.0. The average molecular weight is 402 g/mol. The summed E-state index contributed by atoms with van der Waals surface area (Å²) in [4.78, 5) is 24.9. The van der Waals surface area contributed by atoms with Crippen LogP contribution < -0.4 is 0 Å². The van der Waals surface area contributed by atoms with E-state index in [9.17, 15) is 14.7 Å². The first-order valence-electron chi connectivity index (χ1n) is 9.34. The summed E-state index contributed by atoms with van der Waals surface area (Å²) in [5, 5.41) is 11.1. The molecule has 0 fully saturated rings. The van der Waals surface area contributed by atoms with E-state index in [-0.39, 0.29) is 17.6 Å². The van der Waals surface area contributed by atoms with E-state index in [2.05, 4.69) is 13.2 Å². The maximum absolute atomic E-state index is 12.6. The number of carbonyl (C=O) groups is 2. The monoisotopic (exact) mass is 402 g/mol. The number of esters is 2. The van der Waals surface area contributed by atoms with Gasteiger partial charge in [0.15, 0.2) is 0 Å². The fraction of sp³-hybridized carbons (Fsp3) is 0.455. The van der Waals surface area contributed by atoms with Crippen LogP contribution in [0.4, 0.5) is 0 Å². The molecule has 1 N–H and O–H groups in total. The molecule has 0 saturated carbocycles. The Kier molecular flexibility index (Phi) is 5.82. The summed E-state index contributed by atoms with van der Waals surface area (Å²) in [5.74, 6) is -1.33. The van der Waals surface area contributed by atoms with Gasteiger partial charge in [0.2, 0.25) is 0 Å². The van der Waals surface area contributed by atoms with Crippen molar-refractivity contribution in [1.29, 1.82) is 0 Å². The molecule has 0 amide bonds. The van der Waals surface area contributed by atoms with Gasteiger partial charge >= 0.3 is 11.9 Å². The highest BCUT2D eigenvalue weighted by Crippen LogP contribution is 2.40. The molecule has 1 unspecified atom stereocenters. The number of furan rings is 1. The van der Waals surface area contributed by atoms with E-state index in [1.165, 1.54) is 14.2 Å². The predicted molar refractivity (Wildman–Crippen MR) is 104 cm³/mol. The maximum atomic E-state index is 12.6. The molecule has 2 aliphatic heterocycles. The van der Waals surface area contributed by atoms with Crippen molar-refractivity contribution < 1.29 is 33.3 Å². The van der Waals surface area contributed by atoms with Crippen molar-refractivity contribution in [2.45, 2.75) is 44.5 Å². The molecule has 29 heavy (non-hydrogen) atoms. The van der Waals surface area contributed by atoms with Crippen molar-refractivity contribution in [3.05, 3.63) is 59.1 Å². The lowest BCUT2D eigenvalue weighted by Gasteiger charge is -2.29. The van der Waals surface area contributed by atoms with Crippen LogP contribution in [0.1, 0.15) is 41.6 Å². The second-order valence-corrected chi connectivity index (χ2v) is 7.60. The minimum Gasteiger partial charge on any atom is -0.465 e. The summed E-state index contributed by atoms with van der Waals surface area (Å²) in [5.41, 5.74) is 1.87. The summed E-state index contributed by atoms with van der Waals surface area (Å²) in [6.45, 7) is 11.5. The first kappa shape index (κ1) is 21.1. The van der Waals surface area contributed by atoms with Gasteiger partial charge in [0, 0.05) is 19.4 Å². The van der Waals surface area contributed by atoms with Gasteiger partial charge in [-0.25, -0.2) is 9.59 Å². The topological polar surface area (TPSA) is 95.2 Å². The molecule has 1 aromatic rings. The Morgan fingerprint density at radius 1 is 1.24 bits per heavy atom. The summed E-state index contributed by atoms with van der Waals surface area (Å²) in [6.07, 6.45) is -0.870. The van der Waals surface area contributed by atoms with Crippen molar-refractivity contribution in [3.8, 4) is 0 Å². The number of aliphatic hydroxyl groups excluding tert-OH is 1. The number of carbonyl (C=O) groups excluding carboxylic acids is 2. The third kappa shape index (κ3) is 3.68. The lowest BCUT2D eigenvalue weighted by molar-refractivity contribution is -0.142. The highest BCUT2D eigenvalue weighted by atomic mass is 16.6. The van der Waals surface area contributed by atoms with Gasteiger partial charge in [0.1, 0.15) is 29.3 Å². The Morgan fingerprint density at radius 3 is 2.48 bits per heavy atom. The fourth-order valence-electron chi connectivity index (χ4n) is 4.02. The summed E-state index contributed by atoms with van der Waals surface area (Å²) in [6, 6.07) is 1.59. The van der Waals surface area contributed by atoms with Crippen LogP contribution in [0, 0.1) is 5.92 Å². The Bertz CT molecular complexity index is 891. The Morgan fingerprint density at radius 2 is 1.93 bits per heavy atom. The third-order valence-corrected chi connectivity index (χ3v) is 5.54. The fourth-order valence-corrected chi connectivity index (χ4v) is 4.02. The molecule has 156 valence electrons. The minimum absolute atomic E-state index is 0.191. The molecule has 0 saturated heterocycles. The highest BCUT2D eigenvalue weighted by molar-refractivity contribution is 5.93. The molecule has 0 radical (unpaired) electrons. The van der Waals surface area contributed by atoms with Crippen LogP contribution in [0.25, 0.3) is 0 Å². The lowest BCUT2D eigenvalue weighted by atomic mass is 9.84. The van der Waals surface area contributed by atoms with Gasteiger partial charge in [-0.2, -0.15) is 0 Å². The van der Waals surface area contributed by atoms with Crippen LogP contribution in [-0.4, -0.2) is 49.6 Å². The van der Waals surface area contributed by atoms with E-state index in [1.54, 1.807) is 26.0 Å². The zero-order chi connectivity index (χ0) is 21.5. The number of aliphatic hydroxyl groups is 1. The van der Waals surface area contributed by atoms with E-state index in [0.29, 0.717) is 22.7 Å². The molecule has 0 spiro atoms. The van der Waals surface area contributed by atoms with E-state index < -0.39 is 42.1 Å². The first-order valence-corrected chi connectivity index (χ1v) is 9.34. The van der Waals surface area contributed by atoms with E-state index in [4.69, 9.17) is 18.6 Å². The molecule has 0 aliphatic carbocycles. The zero-order valence-electron chi connectivity index (χ0n) is 17.1. The van der Waals surface area contributed by atoms with Crippen LogP contribution in [0.15, 0.2) is 46.4 Å². The van der Waals surface area contributed by atoms with Gasteiger partial charge in [-0.15, -0.1) is 0 Å². The number of rotatable bonds is 4. The average Bonchev–Trinajstić information content (AvgIpc) is 3.22. The van der Waals surface area contributed by atoms with Crippen LogP contribution in [0.5, 0.6) is 0 Å². The second kappa shape index (κ2) is 8.00.